The first-order valence-electron chi connectivity index (χ1n) is 14.8. The first-order chi connectivity index (χ1) is 19.3. The van der Waals surface area contributed by atoms with Gasteiger partial charge in [-0.15, -0.1) is 23.8 Å². The summed E-state index contributed by atoms with van der Waals surface area (Å²) in [5, 5.41) is 14.3. The van der Waals surface area contributed by atoms with Crippen molar-refractivity contribution in [3.63, 3.8) is 0 Å². The van der Waals surface area contributed by atoms with Crippen molar-refractivity contribution in [1.82, 2.24) is 4.98 Å². The minimum Gasteiger partial charge on any atom is -0.512 e. The van der Waals surface area contributed by atoms with Crippen LogP contribution in [0.3, 0.4) is 0 Å². The number of aromatic nitrogens is 1. The van der Waals surface area contributed by atoms with Crippen LogP contribution in [-0.4, -0.2) is 15.9 Å². The molecule has 41 heavy (non-hydrogen) atoms. The zero-order chi connectivity index (χ0) is 28.8. The number of allylic oxidation sites excluding steroid dienone is 2. The zero-order valence-electron chi connectivity index (χ0n) is 25.1. The number of carbonyl (C=O) groups excluding carboxylic acids is 1. The molecule has 3 aromatic carbocycles. The molecule has 2 heterocycles. The summed E-state index contributed by atoms with van der Waals surface area (Å²) in [6, 6.07) is 20.2. The fourth-order valence-corrected chi connectivity index (χ4v) is 5.52. The van der Waals surface area contributed by atoms with E-state index in [0.717, 1.165) is 76.4 Å². The van der Waals surface area contributed by atoms with Crippen LogP contribution in [-0.2, 0) is 31.3 Å². The van der Waals surface area contributed by atoms with Gasteiger partial charge in [0.05, 0.1) is 11.5 Å². The molecule has 0 fully saturated rings. The van der Waals surface area contributed by atoms with Crippen molar-refractivity contribution in [3.8, 4) is 22.8 Å². The number of carbonyl (C=O) groups is 1. The maximum Gasteiger partial charge on any atom is 0.162 e. The number of hydrogen-bond acceptors (Lipinski definition) is 4. The molecule has 0 aliphatic carbocycles. The van der Waals surface area contributed by atoms with E-state index in [9.17, 15) is 9.90 Å². The van der Waals surface area contributed by atoms with Gasteiger partial charge in [0.1, 0.15) is 5.75 Å². The predicted octanol–water partition coefficient (Wildman–Crippen LogP) is 10.0. The average Bonchev–Trinajstić information content (AvgIpc) is 2.94. The number of fused-ring (bicyclic) bond motifs is 4. The van der Waals surface area contributed by atoms with Crippen LogP contribution in [0.1, 0.15) is 72.8 Å². The third-order valence-corrected chi connectivity index (χ3v) is 7.88. The molecule has 219 valence electrons. The van der Waals surface area contributed by atoms with E-state index in [-0.39, 0.29) is 43.5 Å². The van der Waals surface area contributed by atoms with Crippen molar-refractivity contribution in [3.05, 3.63) is 78.2 Å². The Morgan fingerprint density at radius 3 is 2.34 bits per heavy atom. The smallest absolute Gasteiger partial charge is 0.162 e. The topological polar surface area (TPSA) is 59.4 Å². The number of ketones is 1. The summed E-state index contributed by atoms with van der Waals surface area (Å²) < 4.78 is 6.34. The minimum absolute atomic E-state index is 0. The van der Waals surface area contributed by atoms with Crippen molar-refractivity contribution < 1.29 is 34.7 Å². The summed E-state index contributed by atoms with van der Waals surface area (Å²) in [6.07, 6.45) is 7.91. The summed E-state index contributed by atoms with van der Waals surface area (Å²) in [6.45, 7) is 12.6. The predicted molar refractivity (Wildman–Crippen MR) is 166 cm³/mol. The van der Waals surface area contributed by atoms with E-state index in [1.807, 2.05) is 52.1 Å². The van der Waals surface area contributed by atoms with Crippen molar-refractivity contribution in [2.45, 2.75) is 73.6 Å². The molecule has 4 aromatic rings. The number of benzene rings is 3. The SMILES string of the molecule is CC(C)Cc1ccc2cnc3c(c2c1)Oc1cccc2cc[c-]c-3c12.CCC(CC)C(=O)/C=C(\O)C(CC)CC.[Ir]. The molecule has 1 aromatic heterocycles. The molecule has 1 aliphatic heterocycles. The molecule has 5 heteroatoms. The Morgan fingerprint density at radius 2 is 1.68 bits per heavy atom. The van der Waals surface area contributed by atoms with Crippen LogP contribution >= 0.6 is 0 Å². The first kappa shape index (κ1) is 32.5. The Hall–Kier alpha value is -3.01. The summed E-state index contributed by atoms with van der Waals surface area (Å²) in [5.41, 5.74) is 3.25. The summed E-state index contributed by atoms with van der Waals surface area (Å²) in [7, 11) is 0. The van der Waals surface area contributed by atoms with E-state index < -0.39 is 0 Å². The van der Waals surface area contributed by atoms with Crippen LogP contribution in [0.4, 0.5) is 0 Å². The number of ether oxygens (including phenoxy) is 1. The largest absolute Gasteiger partial charge is 0.512 e. The van der Waals surface area contributed by atoms with Gasteiger partial charge in [0.2, 0.25) is 0 Å². The summed E-state index contributed by atoms with van der Waals surface area (Å²) >= 11 is 0. The number of pyridine rings is 1. The minimum atomic E-state index is 0. The quantitative estimate of drug-likeness (QED) is 0.0933. The molecule has 0 atom stereocenters. The van der Waals surface area contributed by atoms with Crippen molar-refractivity contribution in [1.29, 1.82) is 0 Å². The van der Waals surface area contributed by atoms with E-state index in [4.69, 9.17) is 9.72 Å². The third kappa shape index (κ3) is 7.26. The van der Waals surface area contributed by atoms with Crippen molar-refractivity contribution in [2.24, 2.45) is 17.8 Å². The van der Waals surface area contributed by atoms with Gasteiger partial charge in [-0.25, -0.2) is 0 Å². The molecular weight excluding hydrogens is 687 g/mol. The fourth-order valence-electron chi connectivity index (χ4n) is 5.52. The molecule has 1 aliphatic rings. The Labute approximate surface area is 258 Å². The van der Waals surface area contributed by atoms with E-state index in [1.54, 1.807) is 0 Å². The van der Waals surface area contributed by atoms with E-state index in [0.29, 0.717) is 5.92 Å². The molecule has 1 N–H and O–H groups in total. The summed E-state index contributed by atoms with van der Waals surface area (Å²) in [4.78, 5) is 16.4. The monoisotopic (exact) mass is 729 g/mol. The Balaban J connectivity index is 0.000000253. The van der Waals surface area contributed by atoms with Crippen LogP contribution < -0.4 is 4.74 Å². The molecule has 0 unspecified atom stereocenters. The zero-order valence-corrected chi connectivity index (χ0v) is 27.5. The van der Waals surface area contributed by atoms with Gasteiger partial charge in [0.15, 0.2) is 5.78 Å². The second-order valence-corrected chi connectivity index (χ2v) is 11.1. The van der Waals surface area contributed by atoms with Crippen LogP contribution in [0.2, 0.25) is 0 Å². The van der Waals surface area contributed by atoms with Gasteiger partial charge in [-0.3, -0.25) is 4.79 Å². The van der Waals surface area contributed by atoms with E-state index >= 15 is 0 Å². The molecule has 0 saturated carbocycles. The fraction of sp³-hybridized carbons (Fsp3) is 0.389. The average molecular weight is 729 g/mol. The van der Waals surface area contributed by atoms with Crippen molar-refractivity contribution in [2.75, 3.05) is 0 Å². The first-order valence-corrected chi connectivity index (χ1v) is 14.8. The van der Waals surface area contributed by atoms with E-state index in [2.05, 4.69) is 50.2 Å². The maximum absolute atomic E-state index is 11.7. The van der Waals surface area contributed by atoms with Gasteiger partial charge < -0.3 is 14.8 Å². The Morgan fingerprint density at radius 1 is 0.976 bits per heavy atom. The second-order valence-electron chi connectivity index (χ2n) is 11.1. The van der Waals surface area contributed by atoms with Gasteiger partial charge in [0.25, 0.3) is 0 Å². The summed E-state index contributed by atoms with van der Waals surface area (Å²) in [5.74, 6) is 2.91. The van der Waals surface area contributed by atoms with Crippen LogP contribution in [0.25, 0.3) is 32.8 Å². The number of aliphatic hydroxyl groups is 1. The molecule has 1 radical (unpaired) electrons. The molecular formula is C36H42IrNO3-. The molecule has 5 rings (SSSR count). The van der Waals surface area contributed by atoms with Gasteiger partial charge in [-0.2, -0.15) is 0 Å². The molecule has 4 nitrogen and oxygen atoms in total. The number of aliphatic hydroxyl groups excluding tert-OH is 1. The normalized spacial score (nSPS) is 12.2. The number of rotatable bonds is 9. The molecule has 0 saturated heterocycles. The third-order valence-electron chi connectivity index (χ3n) is 7.88. The molecule has 0 amide bonds. The van der Waals surface area contributed by atoms with Gasteiger partial charge in [-0.1, -0.05) is 76.6 Å². The van der Waals surface area contributed by atoms with Crippen molar-refractivity contribution >= 4 is 27.3 Å². The maximum atomic E-state index is 11.7. The van der Waals surface area contributed by atoms with Crippen LogP contribution in [0.15, 0.2) is 66.6 Å². The molecule has 0 bridgehead atoms. The molecule has 0 spiro atoms. The number of hydrogen-bond donors (Lipinski definition) is 1. The second kappa shape index (κ2) is 14.8. The van der Waals surface area contributed by atoms with Crippen LogP contribution in [0, 0.1) is 23.8 Å². The van der Waals surface area contributed by atoms with Gasteiger partial charge in [0, 0.05) is 60.7 Å². The van der Waals surface area contributed by atoms with E-state index in [1.165, 1.54) is 11.6 Å². The van der Waals surface area contributed by atoms with Gasteiger partial charge in [-0.05, 0) is 55.7 Å². The number of nitrogens with zero attached hydrogens (tertiary/aromatic N) is 1. The Kier molecular flexibility index (Phi) is 11.7. The Bertz CT molecular complexity index is 1510. The van der Waals surface area contributed by atoms with Crippen LogP contribution in [0.5, 0.6) is 11.5 Å². The standard InChI is InChI=1S/C23H18NO.C13H24O2.Ir/c1-14(2)11-15-9-10-17-13-24-22-18-7-3-5-16-6-4-8-20(21(16)18)25-23(22)19(17)12-15;1-5-10(6-2)12(14)9-13(15)11(7-3)8-4;/h3-6,8-10,12-14H,11H2,1-2H3;9-11,14H,5-8H2,1-4H3;/q-1;;/b;12-9-;. The van der Waals surface area contributed by atoms with Gasteiger partial charge >= 0.3 is 0 Å².